The van der Waals surface area contributed by atoms with E-state index in [0.29, 0.717) is 37.3 Å². The van der Waals surface area contributed by atoms with E-state index in [0.717, 1.165) is 35.3 Å². The Labute approximate surface area is 188 Å². The van der Waals surface area contributed by atoms with Gasteiger partial charge >= 0.3 is 5.97 Å². The van der Waals surface area contributed by atoms with E-state index in [2.05, 4.69) is 0 Å². The predicted octanol–water partition coefficient (Wildman–Crippen LogP) is 5.17. The van der Waals surface area contributed by atoms with E-state index in [1.807, 2.05) is 42.5 Å². The van der Waals surface area contributed by atoms with E-state index in [9.17, 15) is 9.59 Å². The predicted molar refractivity (Wildman–Crippen MR) is 121 cm³/mol. The summed E-state index contributed by atoms with van der Waals surface area (Å²) < 4.78 is 20.2. The molecule has 1 atom stereocenters. The highest BCUT2D eigenvalue weighted by molar-refractivity contribution is 5.94. The average Bonchev–Trinajstić information content (AvgIpc) is 3.36. The van der Waals surface area contributed by atoms with Crippen molar-refractivity contribution in [3.63, 3.8) is 0 Å². The van der Waals surface area contributed by atoms with Gasteiger partial charge in [-0.1, -0.05) is 24.3 Å². The number of benzene rings is 2. The monoisotopic (exact) mass is 434 g/mol. The van der Waals surface area contributed by atoms with E-state index < -0.39 is 12.5 Å². The normalized spacial score (nSPS) is 15.7. The first-order valence-electron chi connectivity index (χ1n) is 11.5. The van der Waals surface area contributed by atoms with Gasteiger partial charge in [-0.05, 0) is 61.6 Å². The van der Waals surface area contributed by atoms with E-state index in [1.54, 1.807) is 23.3 Å². The molecule has 1 N–H and O–H groups in total. The minimum absolute atomic E-state index is 0.162. The second kappa shape index (κ2) is 10.2. The number of fused-ring (bicyclic) bond motifs is 1. The summed E-state index contributed by atoms with van der Waals surface area (Å²) in [6, 6.07) is 16.6. The summed E-state index contributed by atoms with van der Waals surface area (Å²) in [7, 11) is 0. The number of carboxylic acids is 1. The molecule has 166 valence electrons. The summed E-state index contributed by atoms with van der Waals surface area (Å²) in [5.41, 5.74) is 3.18. The molecule has 0 bridgehead atoms. The number of carbonyl (C=O) groups excluding carboxylic acids is 1. The maximum atomic E-state index is 13.2. The van der Waals surface area contributed by atoms with Crippen LogP contribution in [0.1, 0.15) is 48.5 Å². The Hall–Kier alpha value is -3.54. The van der Waals surface area contributed by atoms with Gasteiger partial charge in [-0.2, -0.15) is 0 Å². The molecular weight excluding hydrogens is 406 g/mol. The fourth-order valence-electron chi connectivity index (χ4n) is 3.82. The maximum absolute atomic E-state index is 13.2. The third-order valence-corrected chi connectivity index (χ3v) is 5.55. The smallest absolute Gasteiger partial charge is 0.303 e. The number of rotatable bonds is 9. The lowest BCUT2D eigenvalue weighted by Crippen LogP contribution is -2.36. The van der Waals surface area contributed by atoms with E-state index in [4.69, 9.17) is 15.6 Å². The van der Waals surface area contributed by atoms with Gasteiger partial charge < -0.3 is 19.2 Å². The molecule has 1 unspecified atom stereocenters. The molecule has 3 aromatic rings. The zero-order valence-electron chi connectivity index (χ0n) is 18.8. The highest BCUT2D eigenvalue weighted by Crippen LogP contribution is 2.29. The van der Waals surface area contributed by atoms with Gasteiger partial charge in [0.2, 0.25) is 0 Å². The number of nitrogens with zero attached hydrogens (tertiary/aromatic N) is 1. The van der Waals surface area contributed by atoms with Gasteiger partial charge in [0.15, 0.2) is 0 Å². The van der Waals surface area contributed by atoms with Crippen LogP contribution >= 0.6 is 0 Å². The molecule has 32 heavy (non-hydrogen) atoms. The number of unbranched alkanes of at least 4 members (excludes halogenated alkanes) is 2. The quantitative estimate of drug-likeness (QED) is 0.470. The van der Waals surface area contributed by atoms with Gasteiger partial charge in [0.1, 0.15) is 11.5 Å². The van der Waals surface area contributed by atoms with Crippen LogP contribution in [0.2, 0.25) is 0 Å². The first-order chi connectivity index (χ1) is 16.0. The number of carbonyl (C=O) groups is 2. The Balaban J connectivity index is 1.43. The molecule has 0 fully saturated rings. The molecule has 4 rings (SSSR count). The molecule has 0 radical (unpaired) electrons. The summed E-state index contributed by atoms with van der Waals surface area (Å²) >= 11 is 0. The standard InChI is InChI=1S/C26H27NO5/c28-25(29)9-2-1-3-16-32-24-7-4-6-19-14-15-27(18-22(19)24)26(30)21-12-10-20(11-13-21)23-8-5-17-31-23/h4-8,10-13,17H,1-3,9,14-16,18H2,(H,28,29)/i18D. The minimum atomic E-state index is -0.853. The van der Waals surface area contributed by atoms with Crippen LogP contribution in [0.4, 0.5) is 0 Å². The molecule has 2 aromatic carbocycles. The third-order valence-electron chi connectivity index (χ3n) is 5.55. The molecule has 2 heterocycles. The lowest BCUT2D eigenvalue weighted by Gasteiger charge is -2.30. The molecule has 6 heteroatoms. The molecule has 0 spiro atoms. The summed E-state index contributed by atoms with van der Waals surface area (Å²) in [4.78, 5) is 25.4. The topological polar surface area (TPSA) is 80.0 Å². The molecule has 1 amide bonds. The van der Waals surface area contributed by atoms with E-state index >= 15 is 0 Å². The number of hydrogen-bond donors (Lipinski definition) is 1. The summed E-state index contributed by atoms with van der Waals surface area (Å²) in [5.74, 6) is 0.390. The van der Waals surface area contributed by atoms with Crippen LogP contribution in [-0.4, -0.2) is 35.0 Å². The Morgan fingerprint density at radius 3 is 2.66 bits per heavy atom. The molecule has 1 aromatic heterocycles. The largest absolute Gasteiger partial charge is 0.493 e. The van der Waals surface area contributed by atoms with Gasteiger partial charge in [0, 0.05) is 36.2 Å². The number of aliphatic carboxylic acids is 1. The van der Waals surface area contributed by atoms with Crippen molar-refractivity contribution < 1.29 is 25.2 Å². The van der Waals surface area contributed by atoms with Crippen molar-refractivity contribution in [2.45, 2.75) is 38.6 Å². The molecule has 1 aliphatic heterocycles. The lowest BCUT2D eigenvalue weighted by atomic mass is 9.98. The van der Waals surface area contributed by atoms with Crippen molar-refractivity contribution >= 4 is 11.9 Å². The molecule has 0 aliphatic carbocycles. The summed E-state index contributed by atoms with van der Waals surface area (Å²) in [6.45, 7) is 0.0676. The van der Waals surface area contributed by atoms with Crippen molar-refractivity contribution in [3.8, 4) is 17.1 Å². The summed E-state index contributed by atoms with van der Waals surface area (Å²) in [6.07, 6.45) is 4.56. The molecule has 0 saturated carbocycles. The Bertz CT molecular complexity index is 1090. The molecular formula is C26H27NO5. The Kier molecular flexibility index (Phi) is 6.48. The fraction of sp³-hybridized carbons (Fsp3) is 0.308. The second-order valence-electron chi connectivity index (χ2n) is 7.81. The Morgan fingerprint density at radius 1 is 1.06 bits per heavy atom. The zero-order chi connectivity index (χ0) is 23.2. The van der Waals surface area contributed by atoms with Crippen molar-refractivity contribution in [1.29, 1.82) is 0 Å². The number of carboxylic acid groups (broad SMARTS) is 1. The first kappa shape index (κ1) is 20.4. The number of furan rings is 1. The van der Waals surface area contributed by atoms with Gasteiger partial charge in [-0.3, -0.25) is 9.59 Å². The highest BCUT2D eigenvalue weighted by Gasteiger charge is 2.24. The average molecular weight is 435 g/mol. The molecule has 1 aliphatic rings. The van der Waals surface area contributed by atoms with Crippen molar-refractivity contribution in [3.05, 3.63) is 77.6 Å². The SMILES string of the molecule is [2H]C1c2c(cccc2OCCCCCC(=O)O)CCN1C(=O)c1ccc(-c2ccco2)cc1. The summed E-state index contributed by atoms with van der Waals surface area (Å²) in [5, 5.41) is 8.73. The zero-order valence-corrected chi connectivity index (χ0v) is 17.8. The number of ether oxygens (including phenoxy) is 1. The van der Waals surface area contributed by atoms with Crippen LogP contribution in [0.5, 0.6) is 5.75 Å². The van der Waals surface area contributed by atoms with E-state index in [1.165, 1.54) is 0 Å². The van der Waals surface area contributed by atoms with Gasteiger partial charge in [-0.15, -0.1) is 0 Å². The number of amides is 1. The lowest BCUT2D eigenvalue weighted by molar-refractivity contribution is -0.137. The highest BCUT2D eigenvalue weighted by atomic mass is 16.5. The molecule has 6 nitrogen and oxygen atoms in total. The van der Waals surface area contributed by atoms with Crippen LogP contribution in [-0.2, 0) is 17.7 Å². The van der Waals surface area contributed by atoms with Crippen LogP contribution in [0.25, 0.3) is 11.3 Å². The van der Waals surface area contributed by atoms with Crippen LogP contribution in [0, 0.1) is 0 Å². The molecule has 0 saturated heterocycles. The van der Waals surface area contributed by atoms with Crippen LogP contribution in [0.3, 0.4) is 0 Å². The van der Waals surface area contributed by atoms with Crippen molar-refractivity contribution in [2.24, 2.45) is 0 Å². The van der Waals surface area contributed by atoms with Crippen LogP contribution < -0.4 is 4.74 Å². The van der Waals surface area contributed by atoms with Gasteiger partial charge in [-0.25, -0.2) is 0 Å². The fourth-order valence-corrected chi connectivity index (χ4v) is 3.82. The first-order valence-corrected chi connectivity index (χ1v) is 10.9. The Morgan fingerprint density at radius 2 is 1.91 bits per heavy atom. The van der Waals surface area contributed by atoms with Crippen LogP contribution in [0.15, 0.2) is 65.3 Å². The third kappa shape index (κ3) is 5.19. The van der Waals surface area contributed by atoms with Crippen molar-refractivity contribution in [2.75, 3.05) is 13.2 Å². The van der Waals surface area contributed by atoms with E-state index in [-0.39, 0.29) is 12.3 Å². The maximum Gasteiger partial charge on any atom is 0.303 e. The minimum Gasteiger partial charge on any atom is -0.493 e. The second-order valence-corrected chi connectivity index (χ2v) is 7.81. The van der Waals surface area contributed by atoms with Gasteiger partial charge in [0.25, 0.3) is 5.91 Å². The number of hydrogen-bond acceptors (Lipinski definition) is 4. The van der Waals surface area contributed by atoms with Crippen molar-refractivity contribution in [1.82, 2.24) is 4.90 Å². The van der Waals surface area contributed by atoms with Gasteiger partial charge in [0.05, 0.1) is 14.2 Å².